The zero-order chi connectivity index (χ0) is 16.4. The van der Waals surface area contributed by atoms with E-state index in [0.29, 0.717) is 24.0 Å². The van der Waals surface area contributed by atoms with Crippen LogP contribution in [0.15, 0.2) is 12.1 Å². The van der Waals surface area contributed by atoms with Gasteiger partial charge in [-0.3, -0.25) is 0 Å². The molecule has 0 radical (unpaired) electrons. The van der Waals surface area contributed by atoms with Gasteiger partial charge in [0.2, 0.25) is 0 Å². The molecule has 1 unspecified atom stereocenters. The molecule has 0 aliphatic heterocycles. The van der Waals surface area contributed by atoms with Gasteiger partial charge in [0.1, 0.15) is 5.82 Å². The fourth-order valence-electron chi connectivity index (χ4n) is 1.83. The van der Waals surface area contributed by atoms with Crippen LogP contribution in [-0.4, -0.2) is 28.3 Å². The summed E-state index contributed by atoms with van der Waals surface area (Å²) in [6.45, 7) is 0. The highest BCUT2D eigenvalue weighted by atomic mass is 19.4. The first-order chi connectivity index (χ1) is 9.54. The van der Waals surface area contributed by atoms with Crippen molar-refractivity contribution in [2.75, 3.05) is 0 Å². The van der Waals surface area contributed by atoms with Crippen molar-refractivity contribution in [2.45, 2.75) is 25.1 Å². The lowest BCUT2D eigenvalue weighted by atomic mass is 10.0. The van der Waals surface area contributed by atoms with Crippen molar-refractivity contribution in [1.29, 1.82) is 0 Å². The molecule has 2 rings (SSSR count). The normalized spacial score (nSPS) is 16.7. The van der Waals surface area contributed by atoms with Gasteiger partial charge in [-0.05, 0) is 36.1 Å². The molecule has 21 heavy (non-hydrogen) atoms. The van der Waals surface area contributed by atoms with Crippen LogP contribution < -0.4 is 5.73 Å². The monoisotopic (exact) mass is 309 g/mol. The summed E-state index contributed by atoms with van der Waals surface area (Å²) in [5.74, 6) is -4.33. The molecule has 1 aliphatic rings. The fourth-order valence-corrected chi connectivity index (χ4v) is 1.83. The molecule has 0 aromatic heterocycles. The maximum Gasteiger partial charge on any atom is 0.490 e. The summed E-state index contributed by atoms with van der Waals surface area (Å²) in [6.07, 6.45) is -3.79. The van der Waals surface area contributed by atoms with Crippen molar-refractivity contribution in [3.63, 3.8) is 0 Å². The summed E-state index contributed by atoms with van der Waals surface area (Å²) >= 11 is 0. The minimum absolute atomic E-state index is 0.0291. The molecule has 0 saturated heterocycles. The molecule has 116 valence electrons. The van der Waals surface area contributed by atoms with Gasteiger partial charge in [0, 0.05) is 6.04 Å². The highest BCUT2D eigenvalue weighted by Gasteiger charge is 2.38. The van der Waals surface area contributed by atoms with E-state index in [1.54, 1.807) is 0 Å². The number of carbonyl (C=O) groups is 2. The van der Waals surface area contributed by atoms with E-state index in [4.69, 9.17) is 20.7 Å². The molecule has 0 heterocycles. The number of hydrogen-bond acceptors (Lipinski definition) is 3. The lowest BCUT2D eigenvalue weighted by molar-refractivity contribution is -0.192. The quantitative estimate of drug-likeness (QED) is 0.690. The summed E-state index contributed by atoms with van der Waals surface area (Å²) in [5, 5.41) is 15.8. The number of rotatable bonds is 1. The Hall–Kier alpha value is -2.16. The lowest BCUT2D eigenvalue weighted by Gasteiger charge is -2.06. The van der Waals surface area contributed by atoms with Crippen molar-refractivity contribution in [1.82, 2.24) is 0 Å². The van der Waals surface area contributed by atoms with Crippen LogP contribution >= 0.6 is 0 Å². The van der Waals surface area contributed by atoms with Gasteiger partial charge in [0.25, 0.3) is 0 Å². The largest absolute Gasteiger partial charge is 0.490 e. The molecule has 1 aromatic carbocycles. The van der Waals surface area contributed by atoms with Gasteiger partial charge in [0.05, 0.1) is 5.56 Å². The minimum Gasteiger partial charge on any atom is -0.478 e. The second-order valence-electron chi connectivity index (χ2n) is 4.28. The van der Waals surface area contributed by atoms with Crippen molar-refractivity contribution in [3.05, 3.63) is 34.6 Å². The van der Waals surface area contributed by atoms with Gasteiger partial charge in [-0.15, -0.1) is 0 Å². The SMILES string of the molecule is NC1CCc2c(F)cc(C(=O)O)cc21.O=C(O)C(F)(F)F. The second-order valence-corrected chi connectivity index (χ2v) is 4.28. The van der Waals surface area contributed by atoms with E-state index in [-0.39, 0.29) is 11.6 Å². The first kappa shape index (κ1) is 16.9. The Labute approximate surface area is 116 Å². The van der Waals surface area contributed by atoms with E-state index in [0.717, 1.165) is 6.07 Å². The van der Waals surface area contributed by atoms with Gasteiger partial charge in [0.15, 0.2) is 0 Å². The molecule has 4 N–H and O–H groups in total. The average Bonchev–Trinajstić information content (AvgIpc) is 2.71. The molecule has 0 spiro atoms. The van der Waals surface area contributed by atoms with Crippen LogP contribution in [0, 0.1) is 5.82 Å². The standard InChI is InChI=1S/C10H10FNO2.C2HF3O2/c11-8-4-5(10(13)14)3-7-6(8)1-2-9(7)12;3-2(4,5)1(6)7/h3-4,9H,1-2,12H2,(H,13,14);(H,6,7). The topological polar surface area (TPSA) is 101 Å². The summed E-state index contributed by atoms with van der Waals surface area (Å²) in [7, 11) is 0. The van der Waals surface area contributed by atoms with Crippen LogP contribution in [-0.2, 0) is 11.2 Å². The Balaban J connectivity index is 0.000000270. The molecular weight excluding hydrogens is 298 g/mol. The van der Waals surface area contributed by atoms with Gasteiger partial charge in [-0.1, -0.05) is 0 Å². The third kappa shape index (κ3) is 4.15. The number of hydrogen-bond donors (Lipinski definition) is 3. The average molecular weight is 309 g/mol. The lowest BCUT2D eigenvalue weighted by Crippen LogP contribution is -2.21. The Morgan fingerprint density at radius 2 is 1.76 bits per heavy atom. The molecule has 0 amide bonds. The Morgan fingerprint density at radius 3 is 2.19 bits per heavy atom. The van der Waals surface area contributed by atoms with Crippen LogP contribution in [0.5, 0.6) is 0 Å². The predicted octanol–water partition coefficient (Wildman–Crippen LogP) is 2.10. The van der Waals surface area contributed by atoms with Crippen molar-refractivity contribution < 1.29 is 37.4 Å². The van der Waals surface area contributed by atoms with Crippen LogP contribution in [0.25, 0.3) is 0 Å². The molecule has 1 aliphatic carbocycles. The zero-order valence-corrected chi connectivity index (χ0v) is 10.4. The number of benzene rings is 1. The Bertz CT molecular complexity index is 571. The number of aliphatic carboxylic acids is 1. The maximum atomic E-state index is 13.4. The second kappa shape index (κ2) is 6.08. The summed E-state index contributed by atoms with van der Waals surface area (Å²) in [5.41, 5.74) is 6.91. The van der Waals surface area contributed by atoms with Gasteiger partial charge in [-0.2, -0.15) is 13.2 Å². The molecule has 1 atom stereocenters. The van der Waals surface area contributed by atoms with Crippen LogP contribution in [0.4, 0.5) is 17.6 Å². The summed E-state index contributed by atoms with van der Waals surface area (Å²) in [4.78, 5) is 19.5. The van der Waals surface area contributed by atoms with Gasteiger partial charge in [-0.25, -0.2) is 14.0 Å². The van der Waals surface area contributed by atoms with E-state index in [2.05, 4.69) is 0 Å². The summed E-state index contributed by atoms with van der Waals surface area (Å²) in [6, 6.07) is 2.30. The van der Waals surface area contributed by atoms with E-state index in [1.165, 1.54) is 6.07 Å². The number of halogens is 4. The van der Waals surface area contributed by atoms with E-state index >= 15 is 0 Å². The molecule has 9 heteroatoms. The van der Waals surface area contributed by atoms with Crippen LogP contribution in [0.1, 0.15) is 33.9 Å². The van der Waals surface area contributed by atoms with Crippen LogP contribution in [0.2, 0.25) is 0 Å². The van der Waals surface area contributed by atoms with Crippen molar-refractivity contribution in [3.8, 4) is 0 Å². The molecular formula is C12H11F4NO4. The van der Waals surface area contributed by atoms with E-state index in [9.17, 15) is 22.4 Å². The fraction of sp³-hybridized carbons (Fsp3) is 0.333. The maximum absolute atomic E-state index is 13.4. The van der Waals surface area contributed by atoms with Gasteiger partial charge < -0.3 is 15.9 Å². The molecule has 0 bridgehead atoms. The number of carboxylic acids is 2. The number of carboxylic acid groups (broad SMARTS) is 2. The number of fused-ring (bicyclic) bond motifs is 1. The molecule has 1 aromatic rings. The number of nitrogens with two attached hydrogens (primary N) is 1. The van der Waals surface area contributed by atoms with E-state index in [1.807, 2.05) is 0 Å². The van der Waals surface area contributed by atoms with Crippen molar-refractivity contribution >= 4 is 11.9 Å². The smallest absolute Gasteiger partial charge is 0.478 e. The highest BCUT2D eigenvalue weighted by molar-refractivity contribution is 5.88. The number of aromatic carboxylic acids is 1. The van der Waals surface area contributed by atoms with Gasteiger partial charge >= 0.3 is 18.1 Å². The van der Waals surface area contributed by atoms with Crippen molar-refractivity contribution in [2.24, 2.45) is 5.73 Å². The molecule has 5 nitrogen and oxygen atoms in total. The summed E-state index contributed by atoms with van der Waals surface area (Å²) < 4.78 is 45.1. The Morgan fingerprint density at radius 1 is 1.24 bits per heavy atom. The third-order valence-corrected chi connectivity index (χ3v) is 2.82. The first-order valence-corrected chi connectivity index (χ1v) is 5.65. The van der Waals surface area contributed by atoms with E-state index < -0.39 is 23.9 Å². The highest BCUT2D eigenvalue weighted by Crippen LogP contribution is 2.32. The first-order valence-electron chi connectivity index (χ1n) is 5.65. The third-order valence-electron chi connectivity index (χ3n) is 2.82. The zero-order valence-electron chi connectivity index (χ0n) is 10.4. The molecule has 0 fully saturated rings. The number of alkyl halides is 3. The van der Waals surface area contributed by atoms with Crippen LogP contribution in [0.3, 0.4) is 0 Å². The molecule has 0 saturated carbocycles. The minimum atomic E-state index is -5.08. The Kier molecular flexibility index (Phi) is 4.89. The predicted molar refractivity (Wildman–Crippen MR) is 62.3 cm³/mol.